The number of halogens is 3. The molecule has 150 valence electrons. The smallest absolute Gasteiger partial charge is 0.496 e. The number of alkyl halides is 3. The van der Waals surface area contributed by atoms with Crippen LogP contribution in [-0.2, 0) is 0 Å². The lowest BCUT2D eigenvalue weighted by Crippen LogP contribution is -2.48. The first-order valence-corrected chi connectivity index (χ1v) is 8.90. The van der Waals surface area contributed by atoms with Gasteiger partial charge in [-0.15, -0.1) is 13.2 Å². The number of methoxy groups -OCH3 is 1. The summed E-state index contributed by atoms with van der Waals surface area (Å²) < 4.78 is 46.6. The van der Waals surface area contributed by atoms with E-state index in [0.29, 0.717) is 0 Å². The normalized spacial score (nSPS) is 19.7. The zero-order valence-electron chi connectivity index (χ0n) is 15.3. The van der Waals surface area contributed by atoms with Crippen LogP contribution >= 0.6 is 0 Å². The van der Waals surface area contributed by atoms with Crippen LogP contribution in [0.15, 0.2) is 48.5 Å². The number of nitrogens with one attached hydrogen (secondary N) is 2. The maximum Gasteiger partial charge on any atom is 0.573 e. The number of hydrogen-bond acceptors (Lipinski definition) is 4. The van der Waals surface area contributed by atoms with Gasteiger partial charge in [0.15, 0.2) is 0 Å². The molecule has 0 bridgehead atoms. The Morgan fingerprint density at radius 1 is 1.18 bits per heavy atom. The van der Waals surface area contributed by atoms with Crippen molar-refractivity contribution in [3.63, 3.8) is 0 Å². The molecule has 28 heavy (non-hydrogen) atoms. The van der Waals surface area contributed by atoms with E-state index in [0.717, 1.165) is 37.1 Å². The van der Waals surface area contributed by atoms with Crippen LogP contribution in [0.5, 0.6) is 11.5 Å². The molecule has 5 nitrogen and oxygen atoms in total. The Morgan fingerprint density at radius 3 is 2.61 bits per heavy atom. The maximum absolute atomic E-state index is 12.8. The van der Waals surface area contributed by atoms with Crippen LogP contribution < -0.4 is 20.1 Å². The third-order valence-corrected chi connectivity index (χ3v) is 4.58. The molecule has 1 amide bonds. The molecule has 1 aliphatic rings. The maximum atomic E-state index is 12.8. The highest BCUT2D eigenvalue weighted by Gasteiger charge is 2.32. The van der Waals surface area contributed by atoms with Crippen LogP contribution in [-0.4, -0.2) is 32.0 Å². The van der Waals surface area contributed by atoms with E-state index in [1.807, 2.05) is 30.3 Å². The molecule has 1 saturated heterocycles. The van der Waals surface area contributed by atoms with Gasteiger partial charge < -0.3 is 20.1 Å². The predicted octanol–water partition coefficient (Wildman–Crippen LogP) is 3.82. The van der Waals surface area contributed by atoms with Crippen molar-refractivity contribution in [3.05, 3.63) is 59.7 Å². The van der Waals surface area contributed by atoms with E-state index in [4.69, 9.17) is 4.74 Å². The molecular formula is C20H21F3N2O3. The van der Waals surface area contributed by atoms with Crippen molar-refractivity contribution < 1.29 is 27.4 Å². The van der Waals surface area contributed by atoms with E-state index in [1.165, 1.54) is 13.2 Å². The molecule has 0 spiro atoms. The summed E-state index contributed by atoms with van der Waals surface area (Å²) in [5.74, 6) is -0.814. The summed E-state index contributed by atoms with van der Waals surface area (Å²) in [5, 5.41) is 6.32. The van der Waals surface area contributed by atoms with Gasteiger partial charge in [-0.1, -0.05) is 30.3 Å². The van der Waals surface area contributed by atoms with Crippen molar-refractivity contribution in [2.24, 2.45) is 0 Å². The van der Waals surface area contributed by atoms with Crippen LogP contribution in [0.25, 0.3) is 0 Å². The summed E-state index contributed by atoms with van der Waals surface area (Å²) >= 11 is 0. The highest BCUT2D eigenvalue weighted by molar-refractivity contribution is 5.97. The summed E-state index contributed by atoms with van der Waals surface area (Å²) in [6.07, 6.45) is -3.21. The molecule has 1 heterocycles. The van der Waals surface area contributed by atoms with Gasteiger partial charge in [0.05, 0.1) is 18.7 Å². The average molecular weight is 394 g/mol. The van der Waals surface area contributed by atoms with Crippen molar-refractivity contribution in [1.29, 1.82) is 0 Å². The van der Waals surface area contributed by atoms with Gasteiger partial charge in [-0.3, -0.25) is 4.79 Å². The predicted molar refractivity (Wildman–Crippen MR) is 97.4 cm³/mol. The second-order valence-corrected chi connectivity index (χ2v) is 6.47. The second-order valence-electron chi connectivity index (χ2n) is 6.47. The van der Waals surface area contributed by atoms with Gasteiger partial charge in [-0.2, -0.15) is 0 Å². The number of hydrogen-bond donors (Lipinski definition) is 2. The fraction of sp³-hybridized carbons (Fsp3) is 0.350. The average Bonchev–Trinajstić information content (AvgIpc) is 2.68. The molecule has 2 aromatic carbocycles. The molecule has 2 aromatic rings. The highest BCUT2D eigenvalue weighted by atomic mass is 19.4. The summed E-state index contributed by atoms with van der Waals surface area (Å²) in [7, 11) is 1.35. The molecule has 0 radical (unpaired) electrons. The quantitative estimate of drug-likeness (QED) is 0.810. The number of amides is 1. The lowest BCUT2D eigenvalue weighted by Gasteiger charge is -2.33. The van der Waals surface area contributed by atoms with Gasteiger partial charge in [-0.25, -0.2) is 0 Å². The topological polar surface area (TPSA) is 59.6 Å². The Morgan fingerprint density at radius 2 is 1.93 bits per heavy atom. The standard InChI is InChI=1S/C20H21F3N2O3/c1-27-17-10-9-14(28-20(21,22)23)12-15(17)19(26)25-16-8-5-11-24-18(16)13-6-3-2-4-7-13/h2-4,6-7,9-10,12,16,18,24H,5,8,11H2,1H3,(H,25,26). The molecule has 8 heteroatoms. The fourth-order valence-electron chi connectivity index (χ4n) is 3.36. The molecule has 2 N–H and O–H groups in total. The van der Waals surface area contributed by atoms with E-state index in [9.17, 15) is 18.0 Å². The largest absolute Gasteiger partial charge is 0.573 e. The van der Waals surface area contributed by atoms with Crippen molar-refractivity contribution in [2.75, 3.05) is 13.7 Å². The van der Waals surface area contributed by atoms with E-state index in [-0.39, 0.29) is 23.4 Å². The summed E-state index contributed by atoms with van der Waals surface area (Å²) in [5.41, 5.74) is 1.02. The van der Waals surface area contributed by atoms with Crippen molar-refractivity contribution >= 4 is 5.91 Å². The van der Waals surface area contributed by atoms with Crippen LogP contribution in [0.1, 0.15) is 34.8 Å². The van der Waals surface area contributed by atoms with E-state index in [1.54, 1.807) is 0 Å². The Kier molecular flexibility index (Phi) is 6.08. The molecule has 0 aliphatic carbocycles. The fourth-order valence-corrected chi connectivity index (χ4v) is 3.36. The van der Waals surface area contributed by atoms with Gasteiger partial charge in [0, 0.05) is 6.04 Å². The zero-order chi connectivity index (χ0) is 20.1. The monoisotopic (exact) mass is 394 g/mol. The Labute approximate surface area is 160 Å². The third-order valence-electron chi connectivity index (χ3n) is 4.58. The minimum absolute atomic E-state index is 0.0124. The summed E-state index contributed by atoms with van der Waals surface area (Å²) in [6, 6.07) is 12.8. The molecule has 0 saturated carbocycles. The number of benzene rings is 2. The number of rotatable bonds is 5. The third kappa shape index (κ3) is 4.95. The van der Waals surface area contributed by atoms with Crippen molar-refractivity contribution in [3.8, 4) is 11.5 Å². The summed E-state index contributed by atoms with van der Waals surface area (Å²) in [6.45, 7) is 0.824. The highest BCUT2D eigenvalue weighted by Crippen LogP contribution is 2.29. The molecule has 1 aliphatic heterocycles. The zero-order valence-corrected chi connectivity index (χ0v) is 15.3. The first-order valence-electron chi connectivity index (χ1n) is 8.90. The molecule has 0 aromatic heterocycles. The van der Waals surface area contributed by atoms with Gasteiger partial charge in [0.1, 0.15) is 11.5 Å². The molecule has 2 atom stereocenters. The number of carbonyl (C=O) groups excluding carboxylic acids is 1. The SMILES string of the molecule is COc1ccc(OC(F)(F)F)cc1C(=O)NC1CCCNC1c1ccccc1. The van der Waals surface area contributed by atoms with Gasteiger partial charge in [-0.05, 0) is 43.1 Å². The number of ether oxygens (including phenoxy) is 2. The number of piperidine rings is 1. The van der Waals surface area contributed by atoms with Crippen molar-refractivity contribution in [2.45, 2.75) is 31.3 Å². The lowest BCUT2D eigenvalue weighted by atomic mass is 9.92. The molecule has 3 rings (SSSR count). The van der Waals surface area contributed by atoms with E-state index < -0.39 is 18.0 Å². The van der Waals surface area contributed by atoms with Gasteiger partial charge >= 0.3 is 6.36 Å². The molecule has 1 fully saturated rings. The second kappa shape index (κ2) is 8.52. The van der Waals surface area contributed by atoms with E-state index in [2.05, 4.69) is 15.4 Å². The van der Waals surface area contributed by atoms with Crippen LogP contribution in [0.3, 0.4) is 0 Å². The Balaban J connectivity index is 1.81. The Hall–Kier alpha value is -2.74. The molecular weight excluding hydrogens is 373 g/mol. The van der Waals surface area contributed by atoms with Gasteiger partial charge in [0.25, 0.3) is 5.91 Å². The first-order chi connectivity index (χ1) is 13.4. The summed E-state index contributed by atoms with van der Waals surface area (Å²) in [4.78, 5) is 12.8. The minimum Gasteiger partial charge on any atom is -0.496 e. The minimum atomic E-state index is -4.84. The van der Waals surface area contributed by atoms with Crippen LogP contribution in [0.4, 0.5) is 13.2 Å². The molecule has 2 unspecified atom stereocenters. The number of carbonyl (C=O) groups is 1. The van der Waals surface area contributed by atoms with Gasteiger partial charge in [0.2, 0.25) is 0 Å². The first kappa shape index (κ1) is 20.0. The Bertz CT molecular complexity index is 812. The lowest BCUT2D eigenvalue weighted by molar-refractivity contribution is -0.274. The van der Waals surface area contributed by atoms with Crippen LogP contribution in [0.2, 0.25) is 0 Å². The van der Waals surface area contributed by atoms with E-state index >= 15 is 0 Å². The van der Waals surface area contributed by atoms with Crippen LogP contribution in [0, 0.1) is 0 Å². The van der Waals surface area contributed by atoms with Crippen molar-refractivity contribution in [1.82, 2.24) is 10.6 Å².